The zero-order valence-electron chi connectivity index (χ0n) is 9.87. The lowest BCUT2D eigenvalue weighted by Crippen LogP contribution is -2.29. The molecule has 0 fully saturated rings. The molecular weight excluding hydrogens is 208 g/mol. The highest BCUT2D eigenvalue weighted by molar-refractivity contribution is 5.81. The van der Waals surface area contributed by atoms with Crippen LogP contribution in [0, 0.1) is 6.92 Å². The molecule has 0 aliphatic heterocycles. The van der Waals surface area contributed by atoms with Crippen molar-refractivity contribution in [2.24, 2.45) is 0 Å². The molecule has 0 amide bonds. The van der Waals surface area contributed by atoms with Crippen LogP contribution in [0.15, 0.2) is 12.1 Å². The van der Waals surface area contributed by atoms with Gasteiger partial charge in [0.05, 0.1) is 12.5 Å². The molecule has 88 valence electrons. The average Bonchev–Trinajstić information content (AvgIpc) is 2.20. The van der Waals surface area contributed by atoms with Gasteiger partial charge in [0.25, 0.3) is 0 Å². The number of benzene rings is 1. The Kier molecular flexibility index (Phi) is 3.12. The Hall–Kier alpha value is -1.71. The second-order valence-corrected chi connectivity index (χ2v) is 4.27. The molecule has 0 heterocycles. The molecule has 1 rings (SSSR count). The smallest absolute Gasteiger partial charge is 0.313 e. The van der Waals surface area contributed by atoms with Crippen LogP contribution in [-0.2, 0) is 10.2 Å². The number of ether oxygens (including phenoxy) is 1. The Labute approximate surface area is 94.5 Å². The highest BCUT2D eigenvalue weighted by Crippen LogP contribution is 2.35. The van der Waals surface area contributed by atoms with Gasteiger partial charge < -0.3 is 14.9 Å². The van der Waals surface area contributed by atoms with Crippen molar-refractivity contribution in [1.29, 1.82) is 0 Å². The third-order valence-corrected chi connectivity index (χ3v) is 2.73. The van der Waals surface area contributed by atoms with E-state index in [9.17, 15) is 9.90 Å². The van der Waals surface area contributed by atoms with Gasteiger partial charge in [0.2, 0.25) is 0 Å². The van der Waals surface area contributed by atoms with Gasteiger partial charge >= 0.3 is 5.97 Å². The van der Waals surface area contributed by atoms with Crippen LogP contribution in [0.1, 0.15) is 25.0 Å². The van der Waals surface area contributed by atoms with E-state index >= 15 is 0 Å². The summed E-state index contributed by atoms with van der Waals surface area (Å²) in [6, 6.07) is 3.08. The van der Waals surface area contributed by atoms with Gasteiger partial charge in [0, 0.05) is 0 Å². The average molecular weight is 224 g/mol. The molecule has 1 aromatic rings. The number of hydrogen-bond donors (Lipinski definition) is 2. The van der Waals surface area contributed by atoms with Crippen molar-refractivity contribution >= 4 is 5.97 Å². The Morgan fingerprint density at radius 1 is 1.38 bits per heavy atom. The molecular formula is C12H16O4. The van der Waals surface area contributed by atoms with E-state index in [1.54, 1.807) is 26.8 Å². The molecule has 0 saturated carbocycles. The second kappa shape index (κ2) is 4.04. The second-order valence-electron chi connectivity index (χ2n) is 4.27. The highest BCUT2D eigenvalue weighted by Gasteiger charge is 2.31. The van der Waals surface area contributed by atoms with E-state index in [2.05, 4.69) is 0 Å². The van der Waals surface area contributed by atoms with Gasteiger partial charge in [-0.05, 0) is 44.0 Å². The normalized spacial score (nSPS) is 11.2. The molecule has 2 N–H and O–H groups in total. The van der Waals surface area contributed by atoms with Gasteiger partial charge in [-0.3, -0.25) is 4.79 Å². The Balaban J connectivity index is 3.37. The molecule has 1 aromatic carbocycles. The number of carboxylic acids is 1. The van der Waals surface area contributed by atoms with Crippen LogP contribution in [0.4, 0.5) is 0 Å². The Bertz CT molecular complexity index is 421. The summed E-state index contributed by atoms with van der Waals surface area (Å²) < 4.78 is 4.96. The summed E-state index contributed by atoms with van der Waals surface area (Å²) in [6.45, 7) is 5.00. The van der Waals surface area contributed by atoms with Gasteiger partial charge in [-0.25, -0.2) is 0 Å². The number of aliphatic carboxylic acids is 1. The molecule has 0 radical (unpaired) electrons. The van der Waals surface area contributed by atoms with Gasteiger partial charge in [0.15, 0.2) is 11.5 Å². The maximum Gasteiger partial charge on any atom is 0.313 e. The summed E-state index contributed by atoms with van der Waals surface area (Å²) in [5.74, 6) is -0.625. The molecule has 0 atom stereocenters. The fraction of sp³-hybridized carbons (Fsp3) is 0.417. The summed E-state index contributed by atoms with van der Waals surface area (Å²) in [4.78, 5) is 11.1. The number of carboxylic acid groups (broad SMARTS) is 1. The topological polar surface area (TPSA) is 66.8 Å². The quantitative estimate of drug-likeness (QED) is 0.824. The van der Waals surface area contributed by atoms with Crippen LogP contribution in [0.2, 0.25) is 0 Å². The SMILES string of the molecule is COc1cc(C)c(C(C)(C)C(=O)O)cc1O. The summed E-state index contributed by atoms with van der Waals surface area (Å²) in [5.41, 5.74) is 0.328. The van der Waals surface area contributed by atoms with Crippen LogP contribution < -0.4 is 4.74 Å². The molecule has 0 aliphatic rings. The molecule has 0 bridgehead atoms. The van der Waals surface area contributed by atoms with Crippen LogP contribution >= 0.6 is 0 Å². The fourth-order valence-corrected chi connectivity index (χ4v) is 1.62. The van der Waals surface area contributed by atoms with Crippen molar-refractivity contribution in [3.63, 3.8) is 0 Å². The fourth-order valence-electron chi connectivity index (χ4n) is 1.62. The lowest BCUT2D eigenvalue weighted by Gasteiger charge is -2.22. The van der Waals surface area contributed by atoms with E-state index in [0.717, 1.165) is 5.56 Å². The minimum absolute atomic E-state index is 0.0441. The molecule has 4 nitrogen and oxygen atoms in total. The van der Waals surface area contributed by atoms with Crippen molar-refractivity contribution in [3.8, 4) is 11.5 Å². The minimum atomic E-state index is -1.03. The van der Waals surface area contributed by atoms with E-state index in [-0.39, 0.29) is 5.75 Å². The predicted molar refractivity (Wildman–Crippen MR) is 60.1 cm³/mol. The number of methoxy groups -OCH3 is 1. The number of aromatic hydroxyl groups is 1. The molecule has 0 spiro atoms. The number of rotatable bonds is 3. The zero-order valence-corrected chi connectivity index (χ0v) is 9.87. The van der Waals surface area contributed by atoms with Crippen LogP contribution in [0.5, 0.6) is 11.5 Å². The van der Waals surface area contributed by atoms with Crippen LogP contribution in [0.3, 0.4) is 0 Å². The third kappa shape index (κ3) is 1.96. The van der Waals surface area contributed by atoms with E-state index in [1.807, 2.05) is 0 Å². The predicted octanol–water partition coefficient (Wildman–Crippen LogP) is 2.07. The summed E-state index contributed by atoms with van der Waals surface area (Å²) in [6.07, 6.45) is 0. The zero-order chi connectivity index (χ0) is 12.5. The van der Waals surface area contributed by atoms with Crippen molar-refractivity contribution < 1.29 is 19.7 Å². The number of aryl methyl sites for hydroxylation is 1. The maximum atomic E-state index is 11.1. The van der Waals surface area contributed by atoms with Gasteiger partial charge in [-0.2, -0.15) is 0 Å². The minimum Gasteiger partial charge on any atom is -0.504 e. The lowest BCUT2D eigenvalue weighted by atomic mass is 9.82. The van der Waals surface area contributed by atoms with Gasteiger partial charge in [0.1, 0.15) is 0 Å². The van der Waals surface area contributed by atoms with Gasteiger partial charge in [-0.15, -0.1) is 0 Å². The van der Waals surface area contributed by atoms with E-state index < -0.39 is 11.4 Å². The number of hydrogen-bond acceptors (Lipinski definition) is 3. The Morgan fingerprint density at radius 3 is 2.38 bits per heavy atom. The van der Waals surface area contributed by atoms with Crippen molar-refractivity contribution in [2.75, 3.05) is 7.11 Å². The first-order valence-electron chi connectivity index (χ1n) is 4.92. The van der Waals surface area contributed by atoms with E-state index in [1.165, 1.54) is 13.2 Å². The van der Waals surface area contributed by atoms with E-state index in [4.69, 9.17) is 9.84 Å². The first kappa shape index (κ1) is 12.4. The summed E-state index contributed by atoms with van der Waals surface area (Å²) >= 11 is 0. The Morgan fingerprint density at radius 2 is 1.94 bits per heavy atom. The van der Waals surface area contributed by atoms with E-state index in [0.29, 0.717) is 11.3 Å². The monoisotopic (exact) mass is 224 g/mol. The van der Waals surface area contributed by atoms with Crippen LogP contribution in [-0.4, -0.2) is 23.3 Å². The highest BCUT2D eigenvalue weighted by atomic mass is 16.5. The number of phenols is 1. The first-order chi connectivity index (χ1) is 7.30. The standard InChI is InChI=1S/C12H16O4/c1-7-5-10(16-4)9(13)6-8(7)12(2,3)11(14)15/h5-6,13H,1-4H3,(H,14,15). The molecule has 0 aliphatic carbocycles. The largest absolute Gasteiger partial charge is 0.504 e. The first-order valence-corrected chi connectivity index (χ1v) is 4.92. The molecule has 16 heavy (non-hydrogen) atoms. The van der Waals surface area contributed by atoms with Crippen molar-refractivity contribution in [1.82, 2.24) is 0 Å². The van der Waals surface area contributed by atoms with Crippen molar-refractivity contribution in [3.05, 3.63) is 23.3 Å². The lowest BCUT2D eigenvalue weighted by molar-refractivity contribution is -0.142. The number of phenolic OH excluding ortho intramolecular Hbond substituents is 1. The third-order valence-electron chi connectivity index (χ3n) is 2.73. The van der Waals surface area contributed by atoms with Crippen LogP contribution in [0.25, 0.3) is 0 Å². The summed E-state index contributed by atoms with van der Waals surface area (Å²) in [5, 5.41) is 18.8. The number of carbonyl (C=O) groups is 1. The summed E-state index contributed by atoms with van der Waals surface area (Å²) in [7, 11) is 1.45. The van der Waals surface area contributed by atoms with Crippen molar-refractivity contribution in [2.45, 2.75) is 26.2 Å². The molecule has 0 aromatic heterocycles. The molecule has 0 saturated heterocycles. The van der Waals surface area contributed by atoms with Gasteiger partial charge in [-0.1, -0.05) is 0 Å². The molecule has 0 unspecified atom stereocenters. The maximum absolute atomic E-state index is 11.1. The molecule has 4 heteroatoms.